The van der Waals surface area contributed by atoms with Crippen molar-refractivity contribution < 1.29 is 4.74 Å². The molecule has 0 bridgehead atoms. The first-order valence-corrected chi connectivity index (χ1v) is 5.97. The van der Waals surface area contributed by atoms with Gasteiger partial charge < -0.3 is 9.64 Å². The van der Waals surface area contributed by atoms with Crippen molar-refractivity contribution in [1.82, 2.24) is 9.97 Å². The van der Waals surface area contributed by atoms with Crippen LogP contribution in [0.2, 0.25) is 0 Å². The predicted molar refractivity (Wildman–Crippen MR) is 61.6 cm³/mol. The summed E-state index contributed by atoms with van der Waals surface area (Å²) < 4.78 is 5.35. The molecule has 1 aromatic heterocycles. The largest absolute Gasteiger partial charge is 0.360 e. The maximum atomic E-state index is 8.91. The normalized spacial score (nSPS) is 23.2. The van der Waals surface area contributed by atoms with Crippen LogP contribution in [-0.4, -0.2) is 35.8 Å². The van der Waals surface area contributed by atoms with E-state index in [1.165, 1.54) is 11.3 Å². The van der Waals surface area contributed by atoms with Crippen LogP contribution in [0, 0.1) is 11.3 Å². The first kappa shape index (κ1) is 10.5. The van der Waals surface area contributed by atoms with Gasteiger partial charge in [0, 0.05) is 17.8 Å². The molecule has 88 valence electrons. The van der Waals surface area contributed by atoms with Gasteiger partial charge in [0.05, 0.1) is 19.2 Å². The van der Waals surface area contributed by atoms with E-state index in [1.807, 2.05) is 0 Å². The van der Waals surface area contributed by atoms with Crippen molar-refractivity contribution in [3.63, 3.8) is 0 Å². The van der Waals surface area contributed by atoms with Gasteiger partial charge in [-0.1, -0.05) is 0 Å². The molecule has 1 fully saturated rings. The van der Waals surface area contributed by atoms with Gasteiger partial charge in [0.2, 0.25) is 0 Å². The van der Waals surface area contributed by atoms with E-state index in [4.69, 9.17) is 10.00 Å². The molecule has 0 saturated carbocycles. The van der Waals surface area contributed by atoms with E-state index in [0.29, 0.717) is 13.2 Å². The summed E-state index contributed by atoms with van der Waals surface area (Å²) in [6, 6.07) is 2.16. The molecule has 2 aliphatic rings. The van der Waals surface area contributed by atoms with E-state index in [1.54, 1.807) is 6.33 Å². The number of aromatic nitrogens is 2. The third-order valence-electron chi connectivity index (χ3n) is 3.36. The second kappa shape index (κ2) is 4.30. The van der Waals surface area contributed by atoms with E-state index >= 15 is 0 Å². The minimum Gasteiger partial charge on any atom is -0.360 e. The summed E-state index contributed by atoms with van der Waals surface area (Å²) in [5.74, 6) is 1.01. The number of morpholine rings is 1. The lowest BCUT2D eigenvalue weighted by Gasteiger charge is -2.31. The number of nitrogens with zero attached hydrogens (tertiary/aromatic N) is 4. The number of hydrogen-bond acceptors (Lipinski definition) is 5. The number of aryl methyl sites for hydroxylation is 1. The number of nitriles is 1. The minimum absolute atomic E-state index is 0.337. The Morgan fingerprint density at radius 2 is 2.35 bits per heavy atom. The zero-order valence-corrected chi connectivity index (χ0v) is 9.59. The van der Waals surface area contributed by atoms with Crippen LogP contribution in [0.25, 0.3) is 0 Å². The molecular formula is C12H14N4O. The Balaban J connectivity index is 1.89. The predicted octanol–water partition coefficient (Wildman–Crippen LogP) is 0.694. The Morgan fingerprint density at radius 3 is 3.24 bits per heavy atom. The van der Waals surface area contributed by atoms with Crippen LogP contribution in [0.5, 0.6) is 0 Å². The molecule has 17 heavy (non-hydrogen) atoms. The number of ether oxygens (including phenoxy) is 1. The fourth-order valence-electron chi connectivity index (χ4n) is 2.53. The van der Waals surface area contributed by atoms with Crippen LogP contribution in [-0.2, 0) is 17.6 Å². The summed E-state index contributed by atoms with van der Waals surface area (Å²) in [7, 11) is 0. The SMILES string of the molecule is N#CC1CN(c2ncnc3c2CCC3)CCO1. The molecule has 0 spiro atoms. The van der Waals surface area contributed by atoms with Crippen LogP contribution >= 0.6 is 0 Å². The van der Waals surface area contributed by atoms with Gasteiger partial charge in [0.15, 0.2) is 6.10 Å². The van der Waals surface area contributed by atoms with Gasteiger partial charge in [-0.05, 0) is 19.3 Å². The van der Waals surface area contributed by atoms with Crippen molar-refractivity contribution in [1.29, 1.82) is 5.26 Å². The van der Waals surface area contributed by atoms with Gasteiger partial charge in [-0.3, -0.25) is 0 Å². The molecule has 0 aromatic carbocycles. The van der Waals surface area contributed by atoms with Crippen molar-refractivity contribution in [2.75, 3.05) is 24.6 Å². The summed E-state index contributed by atoms with van der Waals surface area (Å²) in [5, 5.41) is 8.91. The Hall–Kier alpha value is -1.67. The molecule has 0 N–H and O–H groups in total. The van der Waals surface area contributed by atoms with E-state index in [2.05, 4.69) is 20.9 Å². The zero-order chi connectivity index (χ0) is 11.7. The number of anilines is 1. The molecule has 1 atom stereocenters. The van der Waals surface area contributed by atoms with Crippen LogP contribution in [0.4, 0.5) is 5.82 Å². The molecule has 5 heteroatoms. The number of hydrogen-bond donors (Lipinski definition) is 0. The van der Waals surface area contributed by atoms with Crippen molar-refractivity contribution in [3.8, 4) is 6.07 Å². The van der Waals surface area contributed by atoms with Crippen molar-refractivity contribution in [3.05, 3.63) is 17.6 Å². The van der Waals surface area contributed by atoms with Gasteiger partial charge in [-0.25, -0.2) is 9.97 Å². The Kier molecular flexibility index (Phi) is 2.65. The standard InChI is InChI=1S/C12H14N4O/c13-6-9-7-16(4-5-17-9)12-10-2-1-3-11(10)14-8-15-12/h8-9H,1-5,7H2. The summed E-state index contributed by atoms with van der Waals surface area (Å²) in [6.07, 6.45) is 4.57. The molecule has 1 unspecified atom stereocenters. The molecule has 1 aromatic rings. The minimum atomic E-state index is -0.337. The summed E-state index contributed by atoms with van der Waals surface area (Å²) in [6.45, 7) is 2.01. The zero-order valence-electron chi connectivity index (χ0n) is 9.59. The summed E-state index contributed by atoms with van der Waals surface area (Å²) in [4.78, 5) is 10.9. The van der Waals surface area contributed by atoms with Crippen molar-refractivity contribution >= 4 is 5.82 Å². The Labute approximate surface area is 100 Å². The van der Waals surface area contributed by atoms with E-state index in [0.717, 1.165) is 31.6 Å². The van der Waals surface area contributed by atoms with Gasteiger partial charge in [-0.15, -0.1) is 0 Å². The van der Waals surface area contributed by atoms with Crippen LogP contribution < -0.4 is 4.90 Å². The van der Waals surface area contributed by atoms with Crippen LogP contribution in [0.15, 0.2) is 6.33 Å². The smallest absolute Gasteiger partial charge is 0.161 e. The monoisotopic (exact) mass is 230 g/mol. The average Bonchev–Trinajstić information content (AvgIpc) is 2.87. The van der Waals surface area contributed by atoms with Crippen LogP contribution in [0.3, 0.4) is 0 Å². The highest BCUT2D eigenvalue weighted by atomic mass is 16.5. The molecule has 3 rings (SSSR count). The number of rotatable bonds is 1. The van der Waals surface area contributed by atoms with Gasteiger partial charge in [0.25, 0.3) is 0 Å². The fraction of sp³-hybridized carbons (Fsp3) is 0.583. The highest BCUT2D eigenvalue weighted by molar-refractivity contribution is 5.51. The van der Waals surface area contributed by atoms with Gasteiger partial charge in [-0.2, -0.15) is 5.26 Å². The molecule has 1 aliphatic carbocycles. The molecule has 0 radical (unpaired) electrons. The van der Waals surface area contributed by atoms with Crippen LogP contribution in [0.1, 0.15) is 17.7 Å². The molecule has 5 nitrogen and oxygen atoms in total. The summed E-state index contributed by atoms with van der Waals surface area (Å²) >= 11 is 0. The third kappa shape index (κ3) is 1.85. The molecule has 1 aliphatic heterocycles. The van der Waals surface area contributed by atoms with Gasteiger partial charge in [0.1, 0.15) is 12.1 Å². The highest BCUT2D eigenvalue weighted by Gasteiger charge is 2.25. The van der Waals surface area contributed by atoms with Crippen molar-refractivity contribution in [2.24, 2.45) is 0 Å². The first-order valence-electron chi connectivity index (χ1n) is 5.97. The van der Waals surface area contributed by atoms with E-state index in [-0.39, 0.29) is 6.10 Å². The lowest BCUT2D eigenvalue weighted by atomic mass is 10.2. The summed E-state index contributed by atoms with van der Waals surface area (Å²) in [5.41, 5.74) is 2.45. The second-order valence-electron chi connectivity index (χ2n) is 4.41. The maximum Gasteiger partial charge on any atom is 0.161 e. The fourth-order valence-corrected chi connectivity index (χ4v) is 2.53. The number of fused-ring (bicyclic) bond motifs is 1. The van der Waals surface area contributed by atoms with Gasteiger partial charge >= 0.3 is 0 Å². The molecular weight excluding hydrogens is 216 g/mol. The topological polar surface area (TPSA) is 62.0 Å². The first-order chi connectivity index (χ1) is 8.38. The van der Waals surface area contributed by atoms with E-state index < -0.39 is 0 Å². The highest BCUT2D eigenvalue weighted by Crippen LogP contribution is 2.28. The van der Waals surface area contributed by atoms with Crippen molar-refractivity contribution in [2.45, 2.75) is 25.4 Å². The Bertz CT molecular complexity index is 468. The molecule has 0 amide bonds. The average molecular weight is 230 g/mol. The lowest BCUT2D eigenvalue weighted by Crippen LogP contribution is -2.42. The maximum absolute atomic E-state index is 8.91. The molecule has 1 saturated heterocycles. The Morgan fingerprint density at radius 1 is 1.41 bits per heavy atom. The van der Waals surface area contributed by atoms with E-state index in [9.17, 15) is 0 Å². The molecule has 2 heterocycles. The quantitative estimate of drug-likeness (QED) is 0.710. The second-order valence-corrected chi connectivity index (χ2v) is 4.41. The lowest BCUT2D eigenvalue weighted by molar-refractivity contribution is 0.0761. The third-order valence-corrected chi connectivity index (χ3v) is 3.36.